The minimum absolute atomic E-state index is 0.0478. The first-order chi connectivity index (χ1) is 8.87. The molecule has 4 N–H and O–H groups in total. The highest BCUT2D eigenvalue weighted by molar-refractivity contribution is 5.73. The van der Waals surface area contributed by atoms with E-state index in [4.69, 9.17) is 16.2 Å². The van der Waals surface area contributed by atoms with E-state index < -0.39 is 0 Å². The average Bonchev–Trinajstić information content (AvgIpc) is 2.60. The molecule has 104 valence electrons. The molecule has 0 radical (unpaired) electrons. The van der Waals surface area contributed by atoms with Crippen LogP contribution in [0.1, 0.15) is 50.3 Å². The molecule has 0 aliphatic carbocycles. The highest BCUT2D eigenvalue weighted by Gasteiger charge is 2.30. The van der Waals surface area contributed by atoms with E-state index in [0.29, 0.717) is 6.42 Å². The average molecular weight is 262 g/mol. The van der Waals surface area contributed by atoms with Gasteiger partial charge in [0.1, 0.15) is 11.4 Å². The number of amides is 1. The third-order valence-corrected chi connectivity index (χ3v) is 3.45. The fraction of sp³-hybridized carbons (Fsp3) is 0.533. The van der Waals surface area contributed by atoms with E-state index in [2.05, 4.69) is 19.9 Å². The van der Waals surface area contributed by atoms with Crippen LogP contribution in [0.15, 0.2) is 18.2 Å². The lowest BCUT2D eigenvalue weighted by atomic mass is 9.96. The van der Waals surface area contributed by atoms with Crippen molar-refractivity contribution in [2.45, 2.75) is 51.2 Å². The number of carbonyl (C=O) groups is 1. The zero-order chi connectivity index (χ0) is 14.0. The van der Waals surface area contributed by atoms with Crippen molar-refractivity contribution in [2.75, 3.05) is 0 Å². The maximum Gasteiger partial charge on any atom is 0.217 e. The third kappa shape index (κ3) is 3.47. The number of carbonyl (C=O) groups excluding carboxylic acids is 1. The first-order valence-electron chi connectivity index (χ1n) is 6.73. The predicted molar refractivity (Wildman–Crippen MR) is 74.8 cm³/mol. The molecule has 0 spiro atoms. The van der Waals surface area contributed by atoms with Crippen molar-refractivity contribution < 1.29 is 9.53 Å². The fourth-order valence-electron chi connectivity index (χ4n) is 2.52. The second-order valence-corrected chi connectivity index (χ2v) is 5.87. The summed E-state index contributed by atoms with van der Waals surface area (Å²) in [5.41, 5.74) is 13.5. The molecule has 4 heteroatoms. The van der Waals surface area contributed by atoms with Gasteiger partial charge in [0.15, 0.2) is 0 Å². The molecular weight excluding hydrogens is 240 g/mol. The molecule has 1 aromatic carbocycles. The summed E-state index contributed by atoms with van der Waals surface area (Å²) in [6.07, 6.45) is 2.81. The summed E-state index contributed by atoms with van der Waals surface area (Å²) < 4.78 is 5.84. The fourth-order valence-corrected chi connectivity index (χ4v) is 2.52. The zero-order valence-electron chi connectivity index (χ0n) is 11.6. The minimum Gasteiger partial charge on any atom is -0.487 e. The van der Waals surface area contributed by atoms with Crippen LogP contribution in [-0.4, -0.2) is 11.5 Å². The number of fused-ring (bicyclic) bond motifs is 1. The monoisotopic (exact) mass is 262 g/mol. The smallest absolute Gasteiger partial charge is 0.217 e. The maximum atomic E-state index is 10.7. The molecule has 2 rings (SSSR count). The number of benzene rings is 1. The Labute approximate surface area is 114 Å². The van der Waals surface area contributed by atoms with Gasteiger partial charge in [-0.15, -0.1) is 0 Å². The second kappa shape index (κ2) is 5.21. The van der Waals surface area contributed by atoms with Gasteiger partial charge in [0.25, 0.3) is 0 Å². The van der Waals surface area contributed by atoms with E-state index in [1.165, 1.54) is 5.56 Å². The molecule has 0 bridgehead atoms. The van der Waals surface area contributed by atoms with Crippen molar-refractivity contribution in [1.82, 2.24) is 0 Å². The molecule has 0 fully saturated rings. The van der Waals surface area contributed by atoms with Crippen molar-refractivity contribution in [1.29, 1.82) is 0 Å². The minimum atomic E-state index is -0.267. The number of primary amides is 1. The van der Waals surface area contributed by atoms with Gasteiger partial charge in [0.2, 0.25) is 5.91 Å². The summed E-state index contributed by atoms with van der Waals surface area (Å²) in [7, 11) is 0. The van der Waals surface area contributed by atoms with Crippen molar-refractivity contribution >= 4 is 5.91 Å². The number of hydrogen-bond acceptors (Lipinski definition) is 3. The largest absolute Gasteiger partial charge is 0.487 e. The van der Waals surface area contributed by atoms with Crippen LogP contribution in [0.25, 0.3) is 0 Å². The van der Waals surface area contributed by atoms with Gasteiger partial charge in [-0.3, -0.25) is 4.79 Å². The second-order valence-electron chi connectivity index (χ2n) is 5.87. The maximum absolute atomic E-state index is 10.7. The van der Waals surface area contributed by atoms with Crippen LogP contribution >= 0.6 is 0 Å². The van der Waals surface area contributed by atoms with Gasteiger partial charge >= 0.3 is 0 Å². The van der Waals surface area contributed by atoms with Crippen molar-refractivity contribution in [3.05, 3.63) is 29.3 Å². The van der Waals surface area contributed by atoms with Gasteiger partial charge in [0, 0.05) is 18.9 Å². The molecule has 0 aromatic heterocycles. The van der Waals surface area contributed by atoms with Gasteiger partial charge in [-0.25, -0.2) is 0 Å². The Kier molecular flexibility index (Phi) is 3.80. The first-order valence-corrected chi connectivity index (χ1v) is 6.73. The Hall–Kier alpha value is -1.55. The normalized spacial score (nSPS) is 17.6. The Morgan fingerprint density at radius 2 is 2.21 bits per heavy atom. The molecule has 1 unspecified atom stereocenters. The van der Waals surface area contributed by atoms with Crippen LogP contribution in [0, 0.1) is 0 Å². The number of ether oxygens (including phenoxy) is 1. The molecule has 0 saturated heterocycles. The zero-order valence-corrected chi connectivity index (χ0v) is 11.6. The summed E-state index contributed by atoms with van der Waals surface area (Å²) in [6, 6.07) is 6.08. The first kappa shape index (κ1) is 13.9. The predicted octanol–water partition coefficient (Wildman–Crippen LogP) is 2.06. The van der Waals surface area contributed by atoms with E-state index in [1.807, 2.05) is 12.1 Å². The lowest BCUT2D eigenvalue weighted by Gasteiger charge is -2.16. The molecule has 0 saturated carbocycles. The van der Waals surface area contributed by atoms with Crippen LogP contribution in [0.3, 0.4) is 0 Å². The van der Waals surface area contributed by atoms with Gasteiger partial charge in [-0.1, -0.05) is 12.1 Å². The summed E-state index contributed by atoms with van der Waals surface area (Å²) >= 11 is 0. The van der Waals surface area contributed by atoms with Gasteiger partial charge in [0.05, 0.1) is 0 Å². The third-order valence-electron chi connectivity index (χ3n) is 3.45. The summed E-state index contributed by atoms with van der Waals surface area (Å²) in [6.45, 7) is 4.17. The molecule has 1 aromatic rings. The lowest BCUT2D eigenvalue weighted by molar-refractivity contribution is -0.118. The quantitative estimate of drug-likeness (QED) is 0.852. The van der Waals surface area contributed by atoms with Crippen LogP contribution in [0.2, 0.25) is 0 Å². The van der Waals surface area contributed by atoms with Crippen LogP contribution < -0.4 is 16.2 Å². The van der Waals surface area contributed by atoms with E-state index in [0.717, 1.165) is 30.6 Å². The molecule has 1 atom stereocenters. The highest BCUT2D eigenvalue weighted by atomic mass is 16.5. The highest BCUT2D eigenvalue weighted by Crippen LogP contribution is 2.36. The molecule has 4 nitrogen and oxygen atoms in total. The van der Waals surface area contributed by atoms with Gasteiger partial charge in [-0.2, -0.15) is 0 Å². The van der Waals surface area contributed by atoms with E-state index in [9.17, 15) is 4.79 Å². The van der Waals surface area contributed by atoms with E-state index in [-0.39, 0.29) is 17.6 Å². The van der Waals surface area contributed by atoms with Gasteiger partial charge in [-0.05, 0) is 43.9 Å². The van der Waals surface area contributed by atoms with Crippen molar-refractivity contribution in [3.8, 4) is 5.75 Å². The summed E-state index contributed by atoms with van der Waals surface area (Å²) in [4.78, 5) is 10.7. The van der Waals surface area contributed by atoms with Crippen LogP contribution in [0.4, 0.5) is 0 Å². The Balaban J connectivity index is 2.01. The molecule has 19 heavy (non-hydrogen) atoms. The van der Waals surface area contributed by atoms with Crippen LogP contribution in [0.5, 0.6) is 5.75 Å². The van der Waals surface area contributed by atoms with E-state index >= 15 is 0 Å². The Morgan fingerprint density at radius 3 is 2.89 bits per heavy atom. The number of nitrogens with two attached hydrogens (primary N) is 2. The Morgan fingerprint density at radius 1 is 1.47 bits per heavy atom. The standard InChI is InChI=1S/C15H22N2O2/c1-15(2)9-11-8-10(6-7-13(11)19-15)12(16)4-3-5-14(17)18/h6-8,12H,3-5,9,16H2,1-2H3,(H2,17,18). The van der Waals surface area contributed by atoms with Gasteiger partial charge < -0.3 is 16.2 Å². The summed E-state index contributed by atoms with van der Waals surface area (Å²) in [5, 5.41) is 0. The topological polar surface area (TPSA) is 78.3 Å². The van der Waals surface area contributed by atoms with Crippen LogP contribution in [-0.2, 0) is 11.2 Å². The molecule has 1 amide bonds. The van der Waals surface area contributed by atoms with Crippen molar-refractivity contribution in [3.63, 3.8) is 0 Å². The summed E-state index contributed by atoms with van der Waals surface area (Å²) in [5.74, 6) is 0.689. The van der Waals surface area contributed by atoms with Crippen molar-refractivity contribution in [2.24, 2.45) is 11.5 Å². The molecule has 1 heterocycles. The molecule has 1 aliphatic heterocycles. The number of hydrogen-bond donors (Lipinski definition) is 2. The Bertz CT molecular complexity index is 483. The number of rotatable bonds is 5. The molecular formula is C15H22N2O2. The van der Waals surface area contributed by atoms with E-state index in [1.54, 1.807) is 0 Å². The lowest BCUT2D eigenvalue weighted by Crippen LogP contribution is -2.24. The molecule has 1 aliphatic rings. The SMILES string of the molecule is CC1(C)Cc2cc(C(N)CCCC(N)=O)ccc2O1.